The number of hydrogen-bond acceptors (Lipinski definition) is 2. The number of halogens is 2. The third-order valence-electron chi connectivity index (χ3n) is 3.01. The van der Waals surface area contributed by atoms with Gasteiger partial charge < -0.3 is 10.6 Å². The molecule has 6 heteroatoms. The second-order valence-electron chi connectivity index (χ2n) is 4.55. The summed E-state index contributed by atoms with van der Waals surface area (Å²) in [6.07, 6.45) is 2.70. The molecular formula is C16H20ClIN4. The molecule has 1 heterocycles. The minimum absolute atomic E-state index is 0. The van der Waals surface area contributed by atoms with E-state index in [0.29, 0.717) is 6.54 Å². The fourth-order valence-electron chi connectivity index (χ4n) is 1.87. The molecule has 118 valence electrons. The number of rotatable bonds is 5. The van der Waals surface area contributed by atoms with E-state index in [0.717, 1.165) is 29.6 Å². The van der Waals surface area contributed by atoms with Crippen molar-refractivity contribution in [2.75, 3.05) is 13.6 Å². The molecule has 0 aliphatic rings. The molecular weight excluding hydrogens is 411 g/mol. The van der Waals surface area contributed by atoms with Crippen molar-refractivity contribution in [2.45, 2.75) is 13.0 Å². The fraction of sp³-hybridized carbons (Fsp3) is 0.250. The Balaban J connectivity index is 0.00000242. The molecule has 2 N–H and O–H groups in total. The van der Waals surface area contributed by atoms with Gasteiger partial charge in [0.25, 0.3) is 0 Å². The van der Waals surface area contributed by atoms with E-state index in [-0.39, 0.29) is 24.0 Å². The molecule has 0 fully saturated rings. The molecule has 0 atom stereocenters. The second kappa shape index (κ2) is 10.4. The molecule has 0 aliphatic carbocycles. The molecule has 0 spiro atoms. The van der Waals surface area contributed by atoms with Gasteiger partial charge in [0.15, 0.2) is 5.96 Å². The first-order chi connectivity index (χ1) is 10.3. The zero-order valence-corrected chi connectivity index (χ0v) is 15.5. The van der Waals surface area contributed by atoms with E-state index in [9.17, 15) is 0 Å². The Labute approximate surface area is 153 Å². The monoisotopic (exact) mass is 430 g/mol. The summed E-state index contributed by atoms with van der Waals surface area (Å²) in [4.78, 5) is 8.46. The Bertz CT molecular complexity index is 572. The Hall–Kier alpha value is -1.34. The van der Waals surface area contributed by atoms with Crippen LogP contribution < -0.4 is 10.6 Å². The minimum Gasteiger partial charge on any atom is -0.356 e. The molecule has 0 bridgehead atoms. The molecule has 1 aromatic heterocycles. The minimum atomic E-state index is 0. The van der Waals surface area contributed by atoms with Gasteiger partial charge in [0, 0.05) is 24.8 Å². The van der Waals surface area contributed by atoms with Crippen LogP contribution >= 0.6 is 35.6 Å². The van der Waals surface area contributed by atoms with Gasteiger partial charge in [-0.25, -0.2) is 0 Å². The molecule has 0 unspecified atom stereocenters. The maximum absolute atomic E-state index is 5.87. The number of pyridine rings is 1. The van der Waals surface area contributed by atoms with Crippen LogP contribution in [0.5, 0.6) is 0 Å². The first-order valence-electron chi connectivity index (χ1n) is 6.87. The van der Waals surface area contributed by atoms with Gasteiger partial charge in [-0.3, -0.25) is 9.98 Å². The van der Waals surface area contributed by atoms with E-state index in [1.165, 1.54) is 5.56 Å². The van der Waals surface area contributed by atoms with Gasteiger partial charge in [-0.05, 0) is 36.2 Å². The highest BCUT2D eigenvalue weighted by Crippen LogP contribution is 2.09. The van der Waals surface area contributed by atoms with Crippen molar-refractivity contribution >= 4 is 41.5 Å². The van der Waals surface area contributed by atoms with E-state index in [1.54, 1.807) is 13.2 Å². The predicted octanol–water partition coefficient (Wildman–Crippen LogP) is 3.26. The van der Waals surface area contributed by atoms with Crippen LogP contribution in [0.1, 0.15) is 11.3 Å². The van der Waals surface area contributed by atoms with Crippen LogP contribution in [0, 0.1) is 0 Å². The van der Waals surface area contributed by atoms with Crippen LogP contribution in [-0.4, -0.2) is 24.5 Å². The summed E-state index contributed by atoms with van der Waals surface area (Å²) >= 11 is 5.87. The number of benzene rings is 1. The Kier molecular flexibility index (Phi) is 8.84. The van der Waals surface area contributed by atoms with E-state index in [1.807, 2.05) is 42.5 Å². The van der Waals surface area contributed by atoms with Gasteiger partial charge in [-0.2, -0.15) is 0 Å². The normalized spacial score (nSPS) is 10.7. The average molecular weight is 431 g/mol. The van der Waals surface area contributed by atoms with Gasteiger partial charge in [-0.1, -0.05) is 29.8 Å². The zero-order valence-electron chi connectivity index (χ0n) is 12.4. The van der Waals surface area contributed by atoms with Crippen molar-refractivity contribution in [1.82, 2.24) is 15.6 Å². The van der Waals surface area contributed by atoms with E-state index < -0.39 is 0 Å². The lowest BCUT2D eigenvalue weighted by Gasteiger charge is -2.11. The van der Waals surface area contributed by atoms with Crippen molar-refractivity contribution < 1.29 is 0 Å². The van der Waals surface area contributed by atoms with Crippen LogP contribution in [0.25, 0.3) is 0 Å². The maximum atomic E-state index is 5.87. The molecule has 0 aliphatic heterocycles. The number of nitrogens with one attached hydrogen (secondary N) is 2. The molecule has 0 saturated carbocycles. The van der Waals surface area contributed by atoms with Crippen LogP contribution in [0.15, 0.2) is 53.7 Å². The van der Waals surface area contributed by atoms with E-state index >= 15 is 0 Å². The molecule has 2 aromatic rings. The van der Waals surface area contributed by atoms with Crippen molar-refractivity contribution in [3.63, 3.8) is 0 Å². The van der Waals surface area contributed by atoms with Crippen molar-refractivity contribution in [3.05, 3.63) is 64.9 Å². The highest BCUT2D eigenvalue weighted by atomic mass is 127. The first-order valence-corrected chi connectivity index (χ1v) is 7.24. The Morgan fingerprint density at radius 1 is 1.14 bits per heavy atom. The lowest BCUT2D eigenvalue weighted by molar-refractivity contribution is 0.783. The summed E-state index contributed by atoms with van der Waals surface area (Å²) in [6, 6.07) is 13.7. The van der Waals surface area contributed by atoms with Crippen molar-refractivity contribution in [3.8, 4) is 0 Å². The molecule has 0 radical (unpaired) electrons. The second-order valence-corrected chi connectivity index (χ2v) is 4.99. The lowest BCUT2D eigenvalue weighted by atomic mass is 10.1. The van der Waals surface area contributed by atoms with Crippen molar-refractivity contribution in [2.24, 2.45) is 4.99 Å². The smallest absolute Gasteiger partial charge is 0.191 e. The van der Waals surface area contributed by atoms with Gasteiger partial charge >= 0.3 is 0 Å². The summed E-state index contributed by atoms with van der Waals surface area (Å²) in [5.41, 5.74) is 2.23. The van der Waals surface area contributed by atoms with Crippen LogP contribution in [0.3, 0.4) is 0 Å². The predicted molar refractivity (Wildman–Crippen MR) is 103 cm³/mol. The fourth-order valence-corrected chi connectivity index (χ4v) is 2.00. The number of nitrogens with zero attached hydrogens (tertiary/aromatic N) is 2. The lowest BCUT2D eigenvalue weighted by Crippen LogP contribution is -2.38. The Morgan fingerprint density at radius 2 is 1.91 bits per heavy atom. The first kappa shape index (κ1) is 18.7. The van der Waals surface area contributed by atoms with Crippen LogP contribution in [-0.2, 0) is 13.0 Å². The molecule has 0 amide bonds. The Morgan fingerprint density at radius 3 is 2.55 bits per heavy atom. The molecule has 4 nitrogen and oxygen atoms in total. The summed E-state index contributed by atoms with van der Waals surface area (Å²) in [6.45, 7) is 1.46. The summed E-state index contributed by atoms with van der Waals surface area (Å²) in [5.74, 6) is 0.773. The summed E-state index contributed by atoms with van der Waals surface area (Å²) in [5, 5.41) is 7.28. The molecule has 2 rings (SSSR count). The topological polar surface area (TPSA) is 49.3 Å². The van der Waals surface area contributed by atoms with E-state index in [2.05, 4.69) is 20.6 Å². The highest BCUT2D eigenvalue weighted by molar-refractivity contribution is 14.0. The number of aromatic nitrogens is 1. The third kappa shape index (κ3) is 6.62. The van der Waals surface area contributed by atoms with Crippen LogP contribution in [0.2, 0.25) is 5.02 Å². The molecule has 1 aromatic carbocycles. The summed E-state index contributed by atoms with van der Waals surface area (Å²) in [7, 11) is 1.76. The maximum Gasteiger partial charge on any atom is 0.191 e. The number of hydrogen-bond donors (Lipinski definition) is 2. The van der Waals surface area contributed by atoms with Gasteiger partial charge in [0.05, 0.1) is 12.2 Å². The third-order valence-corrected chi connectivity index (χ3v) is 3.26. The number of aliphatic imine (C=N–C) groups is 1. The number of guanidine groups is 1. The zero-order chi connectivity index (χ0) is 14.9. The summed E-state index contributed by atoms with van der Waals surface area (Å²) < 4.78 is 0. The highest BCUT2D eigenvalue weighted by Gasteiger charge is 1.99. The van der Waals surface area contributed by atoms with Crippen molar-refractivity contribution in [1.29, 1.82) is 0 Å². The van der Waals surface area contributed by atoms with Crippen LogP contribution in [0.4, 0.5) is 0 Å². The van der Waals surface area contributed by atoms with Gasteiger partial charge in [0.1, 0.15) is 0 Å². The quantitative estimate of drug-likeness (QED) is 0.435. The van der Waals surface area contributed by atoms with E-state index in [4.69, 9.17) is 11.6 Å². The van der Waals surface area contributed by atoms with Gasteiger partial charge in [-0.15, -0.1) is 24.0 Å². The average Bonchev–Trinajstić information content (AvgIpc) is 2.53. The SMILES string of the molecule is CN=C(NCCc1ccc(Cl)cc1)NCc1ccccn1.I. The standard InChI is InChI=1S/C16H19ClN4.HI/c1-18-16(21-12-15-4-2-3-10-19-15)20-11-9-13-5-7-14(17)8-6-13;/h2-8,10H,9,11-12H2,1H3,(H2,18,20,21);1H. The molecule has 22 heavy (non-hydrogen) atoms. The largest absolute Gasteiger partial charge is 0.356 e. The van der Waals surface area contributed by atoms with Gasteiger partial charge in [0.2, 0.25) is 0 Å². The molecule has 0 saturated heterocycles.